The second kappa shape index (κ2) is 7.59. The van der Waals surface area contributed by atoms with Crippen LogP contribution >= 0.6 is 11.6 Å². The highest BCUT2D eigenvalue weighted by Crippen LogP contribution is 2.24. The first-order chi connectivity index (χ1) is 11.9. The molecule has 0 radical (unpaired) electrons. The lowest BCUT2D eigenvalue weighted by molar-refractivity contribution is -0.134. The standard InChI is InChI=1S/C16H23ClN4O3S/c1-2-25(23,24)21-9-7-20(8-10-21)16(22)15-11-14(18-19-15)12-3-5-13(17)6-4-12/h3-6,14-15,18-19H,2,7-11H2,1H3. The Morgan fingerprint density at radius 2 is 1.80 bits per heavy atom. The van der Waals surface area contributed by atoms with Crippen LogP contribution in [0.5, 0.6) is 0 Å². The number of nitrogens with one attached hydrogen (secondary N) is 2. The quantitative estimate of drug-likeness (QED) is 0.797. The van der Waals surface area contributed by atoms with Crippen LogP contribution in [0.1, 0.15) is 24.9 Å². The average molecular weight is 387 g/mol. The van der Waals surface area contributed by atoms with Crippen LogP contribution in [0.25, 0.3) is 0 Å². The van der Waals surface area contributed by atoms with E-state index in [0.29, 0.717) is 37.6 Å². The molecule has 0 aromatic heterocycles. The minimum Gasteiger partial charge on any atom is -0.339 e. The van der Waals surface area contributed by atoms with E-state index in [4.69, 9.17) is 11.6 Å². The Balaban J connectivity index is 1.55. The van der Waals surface area contributed by atoms with Gasteiger partial charge in [0.25, 0.3) is 0 Å². The number of hydrazine groups is 1. The van der Waals surface area contributed by atoms with Gasteiger partial charge in [0.1, 0.15) is 6.04 Å². The number of carbonyl (C=O) groups excluding carboxylic acids is 1. The van der Waals surface area contributed by atoms with Crippen molar-refractivity contribution in [3.05, 3.63) is 34.9 Å². The van der Waals surface area contributed by atoms with Gasteiger partial charge in [0.2, 0.25) is 15.9 Å². The average Bonchev–Trinajstić information content (AvgIpc) is 3.12. The van der Waals surface area contributed by atoms with Gasteiger partial charge in [-0.25, -0.2) is 19.3 Å². The molecule has 2 N–H and O–H groups in total. The molecule has 25 heavy (non-hydrogen) atoms. The first-order valence-electron chi connectivity index (χ1n) is 8.44. The lowest BCUT2D eigenvalue weighted by Gasteiger charge is -2.35. The largest absolute Gasteiger partial charge is 0.339 e. The van der Waals surface area contributed by atoms with Gasteiger partial charge in [-0.3, -0.25) is 4.79 Å². The lowest BCUT2D eigenvalue weighted by atomic mass is 10.0. The van der Waals surface area contributed by atoms with E-state index in [2.05, 4.69) is 10.9 Å². The summed E-state index contributed by atoms with van der Waals surface area (Å²) in [7, 11) is -3.18. The Bertz CT molecular complexity index is 717. The maximum Gasteiger partial charge on any atom is 0.241 e. The van der Waals surface area contributed by atoms with Crippen molar-refractivity contribution < 1.29 is 13.2 Å². The van der Waals surface area contributed by atoms with Crippen molar-refractivity contribution in [1.82, 2.24) is 20.1 Å². The number of benzene rings is 1. The molecule has 0 aliphatic carbocycles. The molecule has 0 bridgehead atoms. The minimum atomic E-state index is -3.18. The highest BCUT2D eigenvalue weighted by Gasteiger charge is 2.35. The number of piperazine rings is 1. The number of rotatable bonds is 4. The second-order valence-electron chi connectivity index (χ2n) is 6.31. The molecular formula is C16H23ClN4O3S. The van der Waals surface area contributed by atoms with Crippen LogP contribution in [-0.2, 0) is 14.8 Å². The van der Waals surface area contributed by atoms with Crippen molar-refractivity contribution in [2.24, 2.45) is 0 Å². The van der Waals surface area contributed by atoms with Crippen molar-refractivity contribution >= 4 is 27.5 Å². The van der Waals surface area contributed by atoms with E-state index in [-0.39, 0.29) is 23.7 Å². The van der Waals surface area contributed by atoms with Crippen molar-refractivity contribution in [2.75, 3.05) is 31.9 Å². The molecule has 2 aliphatic rings. The molecule has 7 nitrogen and oxygen atoms in total. The third kappa shape index (κ3) is 4.15. The molecule has 9 heteroatoms. The topological polar surface area (TPSA) is 81.8 Å². The summed E-state index contributed by atoms with van der Waals surface area (Å²) in [6, 6.07) is 7.30. The highest BCUT2D eigenvalue weighted by molar-refractivity contribution is 7.89. The monoisotopic (exact) mass is 386 g/mol. The first kappa shape index (κ1) is 18.6. The predicted molar refractivity (Wildman–Crippen MR) is 96.5 cm³/mol. The van der Waals surface area contributed by atoms with Gasteiger partial charge in [0.15, 0.2) is 0 Å². The molecule has 0 saturated carbocycles. The fraction of sp³-hybridized carbons (Fsp3) is 0.562. The van der Waals surface area contributed by atoms with Crippen LogP contribution in [0.4, 0.5) is 0 Å². The number of carbonyl (C=O) groups is 1. The Kier molecular flexibility index (Phi) is 5.65. The molecule has 2 fully saturated rings. The van der Waals surface area contributed by atoms with E-state index in [1.165, 1.54) is 4.31 Å². The number of amides is 1. The molecule has 2 atom stereocenters. The van der Waals surface area contributed by atoms with Crippen LogP contribution in [0, 0.1) is 0 Å². The van der Waals surface area contributed by atoms with Gasteiger partial charge in [0, 0.05) is 37.2 Å². The van der Waals surface area contributed by atoms with Crippen molar-refractivity contribution in [2.45, 2.75) is 25.4 Å². The summed E-state index contributed by atoms with van der Waals surface area (Å²) in [4.78, 5) is 14.4. The summed E-state index contributed by atoms with van der Waals surface area (Å²) in [6.07, 6.45) is 0.647. The number of hydrogen-bond donors (Lipinski definition) is 2. The number of halogens is 1. The lowest BCUT2D eigenvalue weighted by Crippen LogP contribution is -2.54. The Hall–Kier alpha value is -1.19. The second-order valence-corrected chi connectivity index (χ2v) is 9.00. The van der Waals surface area contributed by atoms with Crippen LogP contribution in [0.2, 0.25) is 5.02 Å². The Morgan fingerprint density at radius 1 is 1.16 bits per heavy atom. The number of sulfonamides is 1. The zero-order chi connectivity index (χ0) is 18.0. The van der Waals surface area contributed by atoms with Crippen molar-refractivity contribution in [1.29, 1.82) is 0 Å². The van der Waals surface area contributed by atoms with Gasteiger partial charge in [-0.1, -0.05) is 23.7 Å². The van der Waals surface area contributed by atoms with Crippen molar-refractivity contribution in [3.63, 3.8) is 0 Å². The van der Waals surface area contributed by atoms with Crippen LogP contribution in [-0.4, -0.2) is 61.5 Å². The third-order valence-corrected chi connectivity index (χ3v) is 6.92. The maximum absolute atomic E-state index is 12.7. The normalized spacial score (nSPS) is 25.3. The fourth-order valence-corrected chi connectivity index (χ4v) is 4.43. The Morgan fingerprint density at radius 3 is 2.40 bits per heavy atom. The minimum absolute atomic E-state index is 0.0116. The van der Waals surface area contributed by atoms with E-state index >= 15 is 0 Å². The molecular weight excluding hydrogens is 364 g/mol. The van der Waals surface area contributed by atoms with Gasteiger partial charge < -0.3 is 4.90 Å². The van der Waals surface area contributed by atoms with Crippen LogP contribution < -0.4 is 10.9 Å². The van der Waals surface area contributed by atoms with Crippen LogP contribution in [0.15, 0.2) is 24.3 Å². The summed E-state index contributed by atoms with van der Waals surface area (Å²) in [6.45, 7) is 3.23. The summed E-state index contributed by atoms with van der Waals surface area (Å²) >= 11 is 5.91. The predicted octanol–water partition coefficient (Wildman–Crippen LogP) is 0.742. The van der Waals surface area contributed by atoms with Gasteiger partial charge in [-0.2, -0.15) is 4.31 Å². The fourth-order valence-electron chi connectivity index (χ4n) is 3.22. The molecule has 1 aromatic carbocycles. The molecule has 3 rings (SSSR count). The van der Waals surface area contributed by atoms with E-state index in [9.17, 15) is 13.2 Å². The summed E-state index contributed by atoms with van der Waals surface area (Å²) < 4.78 is 25.3. The molecule has 138 valence electrons. The molecule has 0 spiro atoms. The maximum atomic E-state index is 12.7. The molecule has 1 amide bonds. The molecule has 2 heterocycles. The Labute approximate surface area is 153 Å². The van der Waals surface area contributed by atoms with E-state index in [0.717, 1.165) is 5.56 Å². The number of nitrogens with zero attached hydrogens (tertiary/aromatic N) is 2. The van der Waals surface area contributed by atoms with Gasteiger partial charge in [-0.15, -0.1) is 0 Å². The summed E-state index contributed by atoms with van der Waals surface area (Å²) in [5, 5.41) is 0.683. The SMILES string of the molecule is CCS(=O)(=O)N1CCN(C(=O)C2CC(c3ccc(Cl)cc3)NN2)CC1. The zero-order valence-corrected chi connectivity index (χ0v) is 15.7. The van der Waals surface area contributed by atoms with E-state index < -0.39 is 10.0 Å². The van der Waals surface area contributed by atoms with Crippen molar-refractivity contribution in [3.8, 4) is 0 Å². The third-order valence-electron chi connectivity index (χ3n) is 4.78. The first-order valence-corrected chi connectivity index (χ1v) is 10.4. The van der Waals surface area contributed by atoms with Gasteiger partial charge in [0.05, 0.1) is 5.75 Å². The van der Waals surface area contributed by atoms with E-state index in [1.807, 2.05) is 24.3 Å². The summed E-state index contributed by atoms with van der Waals surface area (Å²) in [5.74, 6) is 0.107. The number of hydrogen-bond acceptors (Lipinski definition) is 5. The van der Waals surface area contributed by atoms with Crippen LogP contribution in [0.3, 0.4) is 0 Å². The summed E-state index contributed by atoms with van der Waals surface area (Å²) in [5.41, 5.74) is 7.30. The highest BCUT2D eigenvalue weighted by atomic mass is 35.5. The molecule has 2 aliphatic heterocycles. The van der Waals surface area contributed by atoms with Gasteiger partial charge in [-0.05, 0) is 31.0 Å². The smallest absolute Gasteiger partial charge is 0.241 e. The molecule has 1 aromatic rings. The molecule has 2 saturated heterocycles. The molecule has 2 unspecified atom stereocenters. The van der Waals surface area contributed by atoms with E-state index in [1.54, 1.807) is 11.8 Å². The van der Waals surface area contributed by atoms with Gasteiger partial charge >= 0.3 is 0 Å². The zero-order valence-electron chi connectivity index (χ0n) is 14.1.